The zero-order valence-electron chi connectivity index (χ0n) is 12.5. The van der Waals surface area contributed by atoms with Crippen LogP contribution in [-0.2, 0) is 11.3 Å². The Morgan fingerprint density at radius 2 is 1.96 bits per heavy atom. The van der Waals surface area contributed by atoms with Gasteiger partial charge >= 0.3 is 0 Å². The molecule has 0 radical (unpaired) electrons. The standard InChI is InChI=1S/C17H15F2N3O/c1-11-9-15(17(18)19)21-22(11)10-16(23)20-14-8-4-6-12-5-2-3-7-13(12)14/h2-9,17H,10H2,1H3,(H,20,23). The van der Waals surface area contributed by atoms with Gasteiger partial charge in [0.15, 0.2) is 0 Å². The number of aryl methyl sites for hydroxylation is 1. The zero-order chi connectivity index (χ0) is 16.4. The topological polar surface area (TPSA) is 46.9 Å². The minimum absolute atomic E-state index is 0.109. The number of carbonyl (C=O) groups is 1. The average molecular weight is 315 g/mol. The molecule has 6 heteroatoms. The van der Waals surface area contributed by atoms with Crippen LogP contribution in [0.3, 0.4) is 0 Å². The molecule has 0 fully saturated rings. The van der Waals surface area contributed by atoms with Crippen LogP contribution in [0.2, 0.25) is 0 Å². The lowest BCUT2D eigenvalue weighted by atomic mass is 10.1. The van der Waals surface area contributed by atoms with Gasteiger partial charge in [0.25, 0.3) is 6.43 Å². The Balaban J connectivity index is 1.79. The molecule has 118 valence electrons. The normalized spacial score (nSPS) is 11.1. The van der Waals surface area contributed by atoms with Gasteiger partial charge < -0.3 is 5.32 Å². The summed E-state index contributed by atoms with van der Waals surface area (Å²) < 4.78 is 26.6. The number of amides is 1. The number of alkyl halides is 2. The van der Waals surface area contributed by atoms with Crippen LogP contribution in [0.5, 0.6) is 0 Å². The number of halogens is 2. The number of carbonyl (C=O) groups excluding carboxylic acids is 1. The first-order valence-electron chi connectivity index (χ1n) is 7.14. The first-order chi connectivity index (χ1) is 11.0. The maximum atomic E-state index is 12.6. The van der Waals surface area contributed by atoms with Crippen molar-refractivity contribution in [2.75, 3.05) is 5.32 Å². The number of anilines is 1. The number of hydrogen-bond donors (Lipinski definition) is 1. The first-order valence-corrected chi connectivity index (χ1v) is 7.14. The summed E-state index contributed by atoms with van der Waals surface area (Å²) in [7, 11) is 0. The van der Waals surface area contributed by atoms with E-state index >= 15 is 0 Å². The summed E-state index contributed by atoms with van der Waals surface area (Å²) in [5.74, 6) is -0.312. The Labute approximate surface area is 131 Å². The smallest absolute Gasteiger partial charge is 0.282 e. The number of nitrogens with one attached hydrogen (secondary N) is 1. The Morgan fingerprint density at radius 3 is 2.70 bits per heavy atom. The van der Waals surface area contributed by atoms with Gasteiger partial charge in [0.1, 0.15) is 12.2 Å². The SMILES string of the molecule is Cc1cc(C(F)F)nn1CC(=O)Nc1cccc2ccccc12. The number of aromatic nitrogens is 2. The highest BCUT2D eigenvalue weighted by molar-refractivity contribution is 6.01. The molecule has 23 heavy (non-hydrogen) atoms. The number of nitrogens with zero attached hydrogens (tertiary/aromatic N) is 2. The highest BCUT2D eigenvalue weighted by atomic mass is 19.3. The number of benzene rings is 2. The second-order valence-electron chi connectivity index (χ2n) is 5.24. The molecule has 1 aromatic heterocycles. The maximum Gasteiger partial charge on any atom is 0.282 e. The van der Waals surface area contributed by atoms with E-state index in [9.17, 15) is 13.6 Å². The summed E-state index contributed by atoms with van der Waals surface area (Å²) in [5.41, 5.74) is 0.890. The third-order valence-corrected chi connectivity index (χ3v) is 3.58. The molecule has 3 rings (SSSR count). The van der Waals surface area contributed by atoms with Crippen LogP contribution >= 0.6 is 0 Å². The van der Waals surface area contributed by atoms with E-state index in [1.807, 2.05) is 36.4 Å². The molecule has 1 heterocycles. The summed E-state index contributed by atoms with van der Waals surface area (Å²) in [4.78, 5) is 12.2. The number of rotatable bonds is 4. The van der Waals surface area contributed by atoms with Crippen molar-refractivity contribution < 1.29 is 13.6 Å². The van der Waals surface area contributed by atoms with Crippen LogP contribution < -0.4 is 5.32 Å². The molecule has 1 N–H and O–H groups in total. The molecular weight excluding hydrogens is 300 g/mol. The molecule has 0 aliphatic heterocycles. The van der Waals surface area contributed by atoms with Crippen LogP contribution in [-0.4, -0.2) is 15.7 Å². The molecule has 4 nitrogen and oxygen atoms in total. The zero-order valence-corrected chi connectivity index (χ0v) is 12.5. The van der Waals surface area contributed by atoms with E-state index in [-0.39, 0.29) is 18.1 Å². The van der Waals surface area contributed by atoms with Gasteiger partial charge in [0.2, 0.25) is 5.91 Å². The summed E-state index contributed by atoms with van der Waals surface area (Å²) in [6.07, 6.45) is -2.64. The highest BCUT2D eigenvalue weighted by Crippen LogP contribution is 2.23. The van der Waals surface area contributed by atoms with Crippen LogP contribution in [0.25, 0.3) is 10.8 Å². The monoisotopic (exact) mass is 315 g/mol. The molecule has 0 aliphatic rings. The van der Waals surface area contributed by atoms with Crippen molar-refractivity contribution in [2.45, 2.75) is 19.9 Å². The van der Waals surface area contributed by atoms with Gasteiger partial charge in [-0.05, 0) is 24.4 Å². The van der Waals surface area contributed by atoms with E-state index in [0.717, 1.165) is 10.8 Å². The number of hydrogen-bond acceptors (Lipinski definition) is 2. The van der Waals surface area contributed by atoms with Crippen LogP contribution in [0.15, 0.2) is 48.5 Å². The van der Waals surface area contributed by atoms with Gasteiger partial charge in [0.05, 0.1) is 0 Å². The molecule has 0 bridgehead atoms. The van der Waals surface area contributed by atoms with Crippen molar-refractivity contribution in [3.8, 4) is 0 Å². The van der Waals surface area contributed by atoms with Crippen LogP contribution in [0, 0.1) is 6.92 Å². The van der Waals surface area contributed by atoms with Gasteiger partial charge in [0, 0.05) is 16.8 Å². The molecule has 1 amide bonds. The summed E-state index contributed by atoms with van der Waals surface area (Å²) in [5, 5.41) is 8.51. The molecule has 0 saturated carbocycles. The van der Waals surface area contributed by atoms with E-state index in [1.165, 1.54) is 10.7 Å². The Kier molecular flexibility index (Phi) is 4.06. The van der Waals surface area contributed by atoms with Gasteiger partial charge in [-0.2, -0.15) is 5.10 Å². The molecule has 0 aliphatic carbocycles. The lowest BCUT2D eigenvalue weighted by molar-refractivity contribution is -0.116. The fourth-order valence-electron chi connectivity index (χ4n) is 2.46. The van der Waals surface area contributed by atoms with Crippen molar-refractivity contribution in [1.82, 2.24) is 9.78 Å². The Hall–Kier alpha value is -2.76. The van der Waals surface area contributed by atoms with Crippen LogP contribution in [0.1, 0.15) is 17.8 Å². The van der Waals surface area contributed by atoms with Crippen molar-refractivity contribution in [1.29, 1.82) is 0 Å². The van der Waals surface area contributed by atoms with Crippen molar-refractivity contribution >= 4 is 22.4 Å². The fourth-order valence-corrected chi connectivity index (χ4v) is 2.46. The molecular formula is C17H15F2N3O. The highest BCUT2D eigenvalue weighted by Gasteiger charge is 2.15. The molecule has 0 spiro atoms. The van der Waals surface area contributed by atoms with Crippen molar-refractivity contribution in [3.63, 3.8) is 0 Å². The van der Waals surface area contributed by atoms with Crippen LogP contribution in [0.4, 0.5) is 14.5 Å². The third-order valence-electron chi connectivity index (χ3n) is 3.58. The number of fused-ring (bicyclic) bond motifs is 1. The largest absolute Gasteiger partial charge is 0.324 e. The first kappa shape index (κ1) is 15.1. The second-order valence-corrected chi connectivity index (χ2v) is 5.24. The van der Waals surface area contributed by atoms with Gasteiger partial charge in [-0.3, -0.25) is 9.48 Å². The van der Waals surface area contributed by atoms with E-state index in [4.69, 9.17) is 0 Å². The molecule has 0 unspecified atom stereocenters. The predicted molar refractivity (Wildman–Crippen MR) is 84.5 cm³/mol. The molecule has 0 saturated heterocycles. The van der Waals surface area contributed by atoms with E-state index in [0.29, 0.717) is 11.4 Å². The Bertz CT molecular complexity index is 853. The van der Waals surface area contributed by atoms with Crippen molar-refractivity contribution in [3.05, 3.63) is 59.9 Å². The van der Waals surface area contributed by atoms with E-state index in [1.54, 1.807) is 13.0 Å². The third kappa shape index (κ3) is 3.21. The minimum atomic E-state index is -2.64. The van der Waals surface area contributed by atoms with Gasteiger partial charge in [-0.25, -0.2) is 8.78 Å². The van der Waals surface area contributed by atoms with E-state index < -0.39 is 6.43 Å². The maximum absolute atomic E-state index is 12.6. The van der Waals surface area contributed by atoms with Crippen molar-refractivity contribution in [2.24, 2.45) is 0 Å². The van der Waals surface area contributed by atoms with Gasteiger partial charge in [-0.1, -0.05) is 36.4 Å². The predicted octanol–water partition coefficient (Wildman–Crippen LogP) is 3.92. The fraction of sp³-hybridized carbons (Fsp3) is 0.176. The average Bonchev–Trinajstić information content (AvgIpc) is 2.89. The summed E-state index contributed by atoms with van der Waals surface area (Å²) in [6, 6.07) is 14.6. The molecule has 0 atom stereocenters. The van der Waals surface area contributed by atoms with E-state index in [2.05, 4.69) is 10.4 Å². The Morgan fingerprint density at radius 1 is 1.22 bits per heavy atom. The lowest BCUT2D eigenvalue weighted by Gasteiger charge is -2.09. The quantitative estimate of drug-likeness (QED) is 0.793. The summed E-state index contributed by atoms with van der Waals surface area (Å²) >= 11 is 0. The van der Waals surface area contributed by atoms with Gasteiger partial charge in [-0.15, -0.1) is 0 Å². The molecule has 3 aromatic rings. The minimum Gasteiger partial charge on any atom is -0.324 e. The second kappa shape index (κ2) is 6.16. The molecule has 2 aromatic carbocycles. The lowest BCUT2D eigenvalue weighted by Crippen LogP contribution is -2.20. The summed E-state index contributed by atoms with van der Waals surface area (Å²) in [6.45, 7) is 1.53.